The number of benzene rings is 1. The third-order valence-electron chi connectivity index (χ3n) is 4.79. The van der Waals surface area contributed by atoms with Crippen LogP contribution in [0.25, 0.3) is 10.9 Å². The molecule has 0 aliphatic heterocycles. The normalized spacial score (nSPS) is 12.4. The summed E-state index contributed by atoms with van der Waals surface area (Å²) in [5, 5.41) is 2.22. The van der Waals surface area contributed by atoms with Crippen LogP contribution in [0.4, 0.5) is 0 Å². The number of nitrogens with zero attached hydrogens (tertiary/aromatic N) is 1. The topological polar surface area (TPSA) is 22.1 Å². The number of hydrogen-bond acceptors (Lipinski definition) is 2. The Bertz CT molecular complexity index is 596. The minimum absolute atomic E-state index is 0.660. The second-order valence-electron chi connectivity index (χ2n) is 6.89. The van der Waals surface area contributed by atoms with E-state index in [0.29, 0.717) is 5.92 Å². The Morgan fingerprint density at radius 1 is 0.960 bits per heavy atom. The van der Waals surface area contributed by atoms with Gasteiger partial charge < -0.3 is 4.74 Å². The van der Waals surface area contributed by atoms with Crippen LogP contribution in [0.2, 0.25) is 0 Å². The van der Waals surface area contributed by atoms with Gasteiger partial charge in [0.2, 0.25) is 0 Å². The molecule has 3 heteroatoms. The number of fused-ring (bicyclic) bond motifs is 1. The lowest BCUT2D eigenvalue weighted by Crippen LogP contribution is -2.13. The van der Waals surface area contributed by atoms with Gasteiger partial charge in [0.1, 0.15) is 5.75 Å². The molecule has 0 aliphatic carbocycles. The van der Waals surface area contributed by atoms with Gasteiger partial charge in [0.25, 0.3) is 0 Å². The highest BCUT2D eigenvalue weighted by atomic mass is 79.9. The Hall–Kier alpha value is -1.09. The molecule has 1 aromatic carbocycles. The summed E-state index contributed by atoms with van der Waals surface area (Å²) < 4.78 is 6.24. The van der Waals surface area contributed by atoms with Crippen molar-refractivity contribution in [1.29, 1.82) is 0 Å². The van der Waals surface area contributed by atoms with E-state index >= 15 is 0 Å². The minimum Gasteiger partial charge on any atom is -0.493 e. The van der Waals surface area contributed by atoms with Crippen LogP contribution in [0, 0.1) is 5.92 Å². The van der Waals surface area contributed by atoms with E-state index in [1.54, 1.807) is 0 Å². The quantitative estimate of drug-likeness (QED) is 0.260. The third kappa shape index (κ3) is 7.35. The molecule has 0 radical (unpaired) electrons. The zero-order valence-electron chi connectivity index (χ0n) is 15.6. The van der Waals surface area contributed by atoms with Crippen LogP contribution >= 0.6 is 15.9 Å². The van der Waals surface area contributed by atoms with Crippen molar-refractivity contribution < 1.29 is 4.74 Å². The van der Waals surface area contributed by atoms with Crippen molar-refractivity contribution in [3.8, 4) is 5.75 Å². The first-order valence-electron chi connectivity index (χ1n) is 9.87. The van der Waals surface area contributed by atoms with E-state index in [1.807, 2.05) is 24.4 Å². The fourth-order valence-corrected chi connectivity index (χ4v) is 3.68. The Morgan fingerprint density at radius 3 is 2.56 bits per heavy atom. The Kier molecular flexibility index (Phi) is 9.95. The van der Waals surface area contributed by atoms with Gasteiger partial charge in [-0.15, -0.1) is 0 Å². The lowest BCUT2D eigenvalue weighted by Gasteiger charge is -2.18. The summed E-state index contributed by atoms with van der Waals surface area (Å²) in [4.78, 5) is 4.42. The molecule has 0 amide bonds. The van der Waals surface area contributed by atoms with Crippen LogP contribution in [-0.2, 0) is 0 Å². The standard InChI is InChI=1S/C22H32BrNO/c1-2-3-4-5-6-11-19(12-7-8-16-23)18-25-22-15-9-14-21-20(22)13-10-17-24-21/h9-10,13-15,17,19H,2-8,11-12,16,18H2,1H3. The van der Waals surface area contributed by atoms with E-state index in [9.17, 15) is 0 Å². The molecule has 1 unspecified atom stereocenters. The summed E-state index contributed by atoms with van der Waals surface area (Å²) in [6.45, 7) is 3.10. The maximum atomic E-state index is 6.24. The molecule has 1 heterocycles. The van der Waals surface area contributed by atoms with Crippen molar-refractivity contribution in [2.45, 2.75) is 64.7 Å². The molecule has 0 fully saturated rings. The Labute approximate surface area is 161 Å². The zero-order valence-corrected chi connectivity index (χ0v) is 17.1. The smallest absolute Gasteiger partial charge is 0.128 e. The first-order chi connectivity index (χ1) is 12.3. The van der Waals surface area contributed by atoms with Crippen molar-refractivity contribution in [2.24, 2.45) is 5.92 Å². The highest BCUT2D eigenvalue weighted by molar-refractivity contribution is 9.09. The van der Waals surface area contributed by atoms with Crippen molar-refractivity contribution in [3.05, 3.63) is 36.5 Å². The van der Waals surface area contributed by atoms with Gasteiger partial charge in [0.15, 0.2) is 0 Å². The van der Waals surface area contributed by atoms with E-state index in [0.717, 1.165) is 28.6 Å². The summed E-state index contributed by atoms with van der Waals surface area (Å²) in [6.07, 6.45) is 13.7. The number of rotatable bonds is 13. The predicted molar refractivity (Wildman–Crippen MR) is 112 cm³/mol. The molecule has 0 saturated heterocycles. The van der Waals surface area contributed by atoms with E-state index in [1.165, 1.54) is 57.8 Å². The molecule has 0 N–H and O–H groups in total. The average molecular weight is 406 g/mol. The van der Waals surface area contributed by atoms with E-state index in [4.69, 9.17) is 4.74 Å². The van der Waals surface area contributed by atoms with Crippen molar-refractivity contribution >= 4 is 26.8 Å². The number of alkyl halides is 1. The lowest BCUT2D eigenvalue weighted by atomic mass is 9.96. The average Bonchev–Trinajstić information content (AvgIpc) is 2.65. The summed E-state index contributed by atoms with van der Waals surface area (Å²) in [5.41, 5.74) is 1.01. The van der Waals surface area contributed by atoms with Crippen LogP contribution in [0.5, 0.6) is 5.75 Å². The predicted octanol–water partition coefficient (Wildman–Crippen LogP) is 7.16. The van der Waals surface area contributed by atoms with Crippen LogP contribution in [0.1, 0.15) is 64.7 Å². The van der Waals surface area contributed by atoms with Crippen LogP contribution in [0.15, 0.2) is 36.5 Å². The zero-order chi connectivity index (χ0) is 17.7. The largest absolute Gasteiger partial charge is 0.493 e. The molecule has 0 bridgehead atoms. The van der Waals surface area contributed by atoms with Gasteiger partial charge in [0, 0.05) is 16.9 Å². The molecular formula is C22H32BrNO. The lowest BCUT2D eigenvalue weighted by molar-refractivity contribution is 0.227. The summed E-state index contributed by atoms with van der Waals surface area (Å²) >= 11 is 3.55. The van der Waals surface area contributed by atoms with Crippen molar-refractivity contribution in [3.63, 3.8) is 0 Å². The van der Waals surface area contributed by atoms with E-state index < -0.39 is 0 Å². The van der Waals surface area contributed by atoms with E-state index in [2.05, 4.69) is 40.0 Å². The van der Waals surface area contributed by atoms with E-state index in [-0.39, 0.29) is 0 Å². The second kappa shape index (κ2) is 12.3. The number of hydrogen-bond donors (Lipinski definition) is 0. The van der Waals surface area contributed by atoms with Gasteiger partial charge in [-0.3, -0.25) is 4.98 Å². The molecule has 2 aromatic rings. The third-order valence-corrected chi connectivity index (χ3v) is 5.35. The maximum Gasteiger partial charge on any atom is 0.128 e. The number of unbranched alkanes of at least 4 members (excludes halogenated alkanes) is 5. The first kappa shape index (κ1) is 20.2. The summed E-state index contributed by atoms with van der Waals surface area (Å²) in [5.74, 6) is 1.63. The van der Waals surface area contributed by atoms with Gasteiger partial charge in [-0.2, -0.15) is 0 Å². The maximum absolute atomic E-state index is 6.24. The summed E-state index contributed by atoms with van der Waals surface area (Å²) in [7, 11) is 0. The van der Waals surface area contributed by atoms with Gasteiger partial charge in [-0.25, -0.2) is 0 Å². The van der Waals surface area contributed by atoms with Gasteiger partial charge >= 0.3 is 0 Å². The van der Waals surface area contributed by atoms with Crippen molar-refractivity contribution in [2.75, 3.05) is 11.9 Å². The molecule has 2 rings (SSSR count). The van der Waals surface area contributed by atoms with Crippen LogP contribution in [0.3, 0.4) is 0 Å². The Morgan fingerprint density at radius 2 is 1.76 bits per heavy atom. The molecule has 0 aliphatic rings. The molecule has 25 heavy (non-hydrogen) atoms. The van der Waals surface area contributed by atoms with Crippen molar-refractivity contribution in [1.82, 2.24) is 4.98 Å². The highest BCUT2D eigenvalue weighted by Crippen LogP contribution is 2.26. The molecular weight excluding hydrogens is 374 g/mol. The minimum atomic E-state index is 0.660. The first-order valence-corrected chi connectivity index (χ1v) is 11.0. The molecule has 2 nitrogen and oxygen atoms in total. The fraction of sp³-hybridized carbons (Fsp3) is 0.591. The van der Waals surface area contributed by atoms with Gasteiger partial charge in [-0.05, 0) is 49.4 Å². The van der Waals surface area contributed by atoms with Crippen LogP contribution in [-0.4, -0.2) is 16.9 Å². The molecule has 138 valence electrons. The summed E-state index contributed by atoms with van der Waals surface area (Å²) in [6, 6.07) is 10.2. The monoisotopic (exact) mass is 405 g/mol. The second-order valence-corrected chi connectivity index (χ2v) is 7.68. The molecule has 0 saturated carbocycles. The highest BCUT2D eigenvalue weighted by Gasteiger charge is 2.11. The number of halogens is 1. The Balaban J connectivity index is 1.88. The van der Waals surface area contributed by atoms with Gasteiger partial charge in [0.05, 0.1) is 12.1 Å². The fourth-order valence-electron chi connectivity index (χ4n) is 3.28. The number of aromatic nitrogens is 1. The number of pyridine rings is 1. The van der Waals surface area contributed by atoms with Crippen LogP contribution < -0.4 is 4.74 Å². The molecule has 1 aromatic heterocycles. The molecule has 1 atom stereocenters. The van der Waals surface area contributed by atoms with Gasteiger partial charge in [-0.1, -0.05) is 67.4 Å². The SMILES string of the molecule is CCCCCCCC(CCCCBr)COc1cccc2ncccc12. The number of ether oxygens (including phenoxy) is 1. The molecule has 0 spiro atoms.